The molecular formula is C22H26N2. The van der Waals surface area contributed by atoms with Gasteiger partial charge in [-0.25, -0.2) is 4.98 Å². The molecule has 0 atom stereocenters. The fourth-order valence-electron chi connectivity index (χ4n) is 2.28. The summed E-state index contributed by atoms with van der Waals surface area (Å²) >= 11 is 0. The lowest BCUT2D eigenvalue weighted by atomic mass is 10.1. The predicted octanol–water partition coefficient (Wildman–Crippen LogP) is 6.50. The van der Waals surface area contributed by atoms with E-state index >= 15 is 0 Å². The van der Waals surface area contributed by atoms with Crippen molar-refractivity contribution in [3.63, 3.8) is 0 Å². The van der Waals surface area contributed by atoms with Gasteiger partial charge in [0, 0.05) is 1.43 Å². The summed E-state index contributed by atoms with van der Waals surface area (Å²) in [5, 5.41) is 0. The van der Waals surface area contributed by atoms with Crippen LogP contribution in [0.2, 0.25) is 0 Å². The topological polar surface area (TPSA) is 28.7 Å². The Hall–Kier alpha value is -2.87. The van der Waals surface area contributed by atoms with E-state index in [1.807, 2.05) is 56.3 Å². The molecule has 0 aliphatic carbocycles. The molecule has 0 fully saturated rings. The van der Waals surface area contributed by atoms with E-state index in [2.05, 4.69) is 53.3 Å². The zero-order chi connectivity index (χ0) is 17.2. The van der Waals surface area contributed by atoms with Gasteiger partial charge in [-0.15, -0.1) is 0 Å². The molecule has 24 heavy (non-hydrogen) atoms. The monoisotopic (exact) mass is 318 g/mol. The summed E-state index contributed by atoms with van der Waals surface area (Å²) in [5.74, 6) is 0. The molecule has 0 radical (unpaired) electrons. The number of rotatable bonds is 1. The predicted molar refractivity (Wildman–Crippen MR) is 106 cm³/mol. The van der Waals surface area contributed by atoms with Crippen molar-refractivity contribution in [2.45, 2.75) is 20.8 Å². The quantitative estimate of drug-likeness (QED) is 0.426. The lowest BCUT2D eigenvalue weighted by Gasteiger charge is -2.00. The van der Waals surface area contributed by atoms with E-state index in [1.165, 1.54) is 16.7 Å². The first-order chi connectivity index (χ1) is 11.8. The Bertz CT molecular complexity index is 839. The van der Waals surface area contributed by atoms with Gasteiger partial charge in [0.25, 0.3) is 0 Å². The molecule has 2 heteroatoms. The zero-order valence-corrected chi connectivity index (χ0v) is 14.5. The van der Waals surface area contributed by atoms with E-state index in [4.69, 9.17) is 0 Å². The second-order valence-electron chi connectivity index (χ2n) is 5.16. The number of aromatic amines is 1. The van der Waals surface area contributed by atoms with E-state index in [0.29, 0.717) is 0 Å². The van der Waals surface area contributed by atoms with Crippen LogP contribution >= 0.6 is 0 Å². The fraction of sp³-hybridized carbons (Fsp3) is 0.136. The van der Waals surface area contributed by atoms with Gasteiger partial charge in [0.05, 0.1) is 17.4 Å². The number of hydrogen-bond donors (Lipinski definition) is 1. The highest BCUT2D eigenvalue weighted by Crippen LogP contribution is 2.22. The molecule has 124 valence electrons. The first-order valence-corrected chi connectivity index (χ1v) is 8.33. The normalized spacial score (nSPS) is 9.46. The molecule has 4 rings (SSSR count). The Morgan fingerprint density at radius 2 is 1.38 bits per heavy atom. The molecule has 0 bridgehead atoms. The molecule has 0 spiro atoms. The van der Waals surface area contributed by atoms with Crippen LogP contribution in [0, 0.1) is 6.92 Å². The van der Waals surface area contributed by atoms with E-state index in [0.717, 1.165) is 11.0 Å². The Morgan fingerprint density at radius 3 is 1.96 bits per heavy atom. The van der Waals surface area contributed by atoms with Crippen molar-refractivity contribution in [2.24, 2.45) is 0 Å². The lowest BCUT2D eigenvalue weighted by molar-refractivity contribution is 1.34. The Morgan fingerprint density at radius 1 is 0.750 bits per heavy atom. The summed E-state index contributed by atoms with van der Waals surface area (Å²) < 4.78 is 0. The number of hydrogen-bond acceptors (Lipinski definition) is 1. The molecule has 0 unspecified atom stereocenters. The first-order valence-electron chi connectivity index (χ1n) is 8.33. The lowest BCUT2D eigenvalue weighted by Crippen LogP contribution is -1.77. The smallest absolute Gasteiger partial charge is 0.0931 e. The first kappa shape index (κ1) is 17.5. The fourth-order valence-corrected chi connectivity index (χ4v) is 2.28. The van der Waals surface area contributed by atoms with Crippen molar-refractivity contribution in [3.05, 3.63) is 90.8 Å². The van der Waals surface area contributed by atoms with Crippen LogP contribution in [0.4, 0.5) is 0 Å². The van der Waals surface area contributed by atoms with Crippen molar-refractivity contribution in [1.82, 2.24) is 9.97 Å². The molecule has 0 amide bonds. The maximum atomic E-state index is 4.20. The second kappa shape index (κ2) is 9.31. The van der Waals surface area contributed by atoms with Gasteiger partial charge in [0.2, 0.25) is 0 Å². The summed E-state index contributed by atoms with van der Waals surface area (Å²) in [7, 11) is 0. The molecule has 0 aliphatic rings. The molecular weight excluding hydrogens is 292 g/mol. The van der Waals surface area contributed by atoms with Crippen LogP contribution in [0.15, 0.2) is 85.2 Å². The summed E-state index contributed by atoms with van der Waals surface area (Å²) in [6.07, 6.45) is 1.72. The highest BCUT2D eigenvalue weighted by Gasteiger charge is 1.99. The van der Waals surface area contributed by atoms with Gasteiger partial charge in [-0.2, -0.15) is 0 Å². The number of H-pyrrole nitrogens is 1. The van der Waals surface area contributed by atoms with Crippen LogP contribution in [-0.2, 0) is 0 Å². The third-order valence-electron chi connectivity index (χ3n) is 3.47. The van der Waals surface area contributed by atoms with Crippen LogP contribution < -0.4 is 0 Å². The maximum absolute atomic E-state index is 4.20. The molecule has 1 heterocycles. The Kier molecular flexibility index (Phi) is 6.78. The summed E-state index contributed by atoms with van der Waals surface area (Å²) in [6.45, 7) is 6.08. The highest BCUT2D eigenvalue weighted by molar-refractivity contribution is 5.81. The number of nitrogens with one attached hydrogen (secondary N) is 1. The van der Waals surface area contributed by atoms with E-state index < -0.39 is 0 Å². The number of aryl methyl sites for hydroxylation is 1. The van der Waals surface area contributed by atoms with Crippen molar-refractivity contribution < 1.29 is 1.43 Å². The Labute approximate surface area is 145 Å². The summed E-state index contributed by atoms with van der Waals surface area (Å²) in [5.41, 5.74) is 5.86. The van der Waals surface area contributed by atoms with Gasteiger partial charge in [-0.3, -0.25) is 0 Å². The number of benzene rings is 3. The third-order valence-corrected chi connectivity index (χ3v) is 3.47. The van der Waals surface area contributed by atoms with E-state index in [-0.39, 0.29) is 1.43 Å². The SMILES string of the molecule is CC.Cc1ccccc1.[HH].c1ccc(-c2ccc3nc[nH]c3c2)cc1. The number of imidazole rings is 1. The molecule has 0 saturated carbocycles. The minimum Gasteiger partial charge on any atom is -0.345 e. The van der Waals surface area contributed by atoms with Gasteiger partial charge in [0.1, 0.15) is 0 Å². The van der Waals surface area contributed by atoms with Crippen LogP contribution in [0.5, 0.6) is 0 Å². The standard InChI is InChI=1S/C13H10N2.C7H8.C2H6.H2/c1-2-4-10(5-3-1)11-6-7-12-13(8-11)15-9-14-12;1-7-5-3-2-4-6-7;1-2;/h1-9H,(H,14,15);2-6H,1H3;1-2H3;1H. The molecule has 1 N–H and O–H groups in total. The van der Waals surface area contributed by atoms with Crippen LogP contribution in [0.25, 0.3) is 22.2 Å². The highest BCUT2D eigenvalue weighted by atomic mass is 14.9. The molecule has 4 aromatic rings. The second-order valence-corrected chi connectivity index (χ2v) is 5.16. The van der Waals surface area contributed by atoms with Crippen molar-refractivity contribution in [3.8, 4) is 11.1 Å². The average molecular weight is 318 g/mol. The molecule has 3 aromatic carbocycles. The average Bonchev–Trinajstić information content (AvgIpc) is 3.13. The third kappa shape index (κ3) is 4.82. The zero-order valence-electron chi connectivity index (χ0n) is 14.5. The number of fused-ring (bicyclic) bond motifs is 1. The van der Waals surface area contributed by atoms with Crippen molar-refractivity contribution in [2.75, 3.05) is 0 Å². The summed E-state index contributed by atoms with van der Waals surface area (Å²) in [6, 6.07) is 26.9. The van der Waals surface area contributed by atoms with Gasteiger partial charge >= 0.3 is 0 Å². The van der Waals surface area contributed by atoms with Crippen LogP contribution in [0.3, 0.4) is 0 Å². The minimum atomic E-state index is 0. The van der Waals surface area contributed by atoms with Crippen LogP contribution in [-0.4, -0.2) is 9.97 Å². The largest absolute Gasteiger partial charge is 0.345 e. The van der Waals surface area contributed by atoms with Gasteiger partial charge in [0.15, 0.2) is 0 Å². The number of aromatic nitrogens is 2. The minimum absolute atomic E-state index is 0. The Balaban J connectivity index is 0.000000267. The number of nitrogens with zero attached hydrogens (tertiary/aromatic N) is 1. The van der Waals surface area contributed by atoms with Crippen molar-refractivity contribution in [1.29, 1.82) is 0 Å². The van der Waals surface area contributed by atoms with Gasteiger partial charge in [-0.1, -0.05) is 86.1 Å². The summed E-state index contributed by atoms with van der Waals surface area (Å²) in [4.78, 5) is 7.32. The van der Waals surface area contributed by atoms with Crippen LogP contribution in [0.1, 0.15) is 20.8 Å². The van der Waals surface area contributed by atoms with E-state index in [9.17, 15) is 0 Å². The van der Waals surface area contributed by atoms with Gasteiger partial charge < -0.3 is 4.98 Å². The molecule has 1 aromatic heterocycles. The molecule has 0 saturated heterocycles. The van der Waals surface area contributed by atoms with Gasteiger partial charge in [-0.05, 0) is 30.2 Å². The molecule has 0 aliphatic heterocycles. The maximum Gasteiger partial charge on any atom is 0.0931 e. The molecule has 2 nitrogen and oxygen atoms in total. The van der Waals surface area contributed by atoms with E-state index in [1.54, 1.807) is 6.33 Å². The van der Waals surface area contributed by atoms with Crippen molar-refractivity contribution >= 4 is 11.0 Å².